The van der Waals surface area contributed by atoms with Gasteiger partial charge in [-0.05, 0) is 26.3 Å². The Hall–Kier alpha value is -0.610. The van der Waals surface area contributed by atoms with Crippen LogP contribution in [0.3, 0.4) is 0 Å². The van der Waals surface area contributed by atoms with Gasteiger partial charge in [-0.15, -0.1) is 0 Å². The topological polar surface area (TPSA) is 50.4 Å². The van der Waals surface area contributed by atoms with Crippen molar-refractivity contribution >= 4 is 5.91 Å². The second-order valence-corrected chi connectivity index (χ2v) is 4.12. The highest BCUT2D eigenvalue weighted by molar-refractivity contribution is 5.78. The Bertz CT molecular complexity index is 191. The smallest absolute Gasteiger partial charge is 0.225 e. The minimum atomic E-state index is 0.0626. The molecule has 1 rings (SSSR count). The second kappa shape index (κ2) is 6.80. The van der Waals surface area contributed by atoms with E-state index in [0.29, 0.717) is 19.2 Å². The van der Waals surface area contributed by atoms with Gasteiger partial charge in [0.1, 0.15) is 0 Å². The van der Waals surface area contributed by atoms with Gasteiger partial charge in [0, 0.05) is 19.2 Å². The molecule has 0 aromatic carbocycles. The van der Waals surface area contributed by atoms with E-state index in [9.17, 15) is 4.79 Å². The summed E-state index contributed by atoms with van der Waals surface area (Å²) in [7, 11) is 0. The highest BCUT2D eigenvalue weighted by atomic mass is 16.5. The van der Waals surface area contributed by atoms with Crippen LogP contribution >= 0.6 is 0 Å². The Kier molecular flexibility index (Phi) is 5.65. The van der Waals surface area contributed by atoms with Gasteiger partial charge in [0.15, 0.2) is 0 Å². The van der Waals surface area contributed by atoms with Crippen molar-refractivity contribution in [2.24, 2.45) is 5.92 Å². The molecule has 0 bridgehead atoms. The Morgan fingerprint density at radius 3 is 3.00 bits per heavy atom. The standard InChI is InChI=1S/C11H22N2O2/c1-3-12-9(2)7-13-11(14)10-5-4-6-15-8-10/h9-10,12H,3-8H2,1-2H3,(H,13,14)/t9-,10?/m1/s1. The van der Waals surface area contributed by atoms with E-state index in [1.165, 1.54) is 0 Å². The molecular formula is C11H22N2O2. The van der Waals surface area contributed by atoms with Crippen LogP contribution in [0.2, 0.25) is 0 Å². The van der Waals surface area contributed by atoms with E-state index in [-0.39, 0.29) is 11.8 Å². The minimum absolute atomic E-state index is 0.0626. The summed E-state index contributed by atoms with van der Waals surface area (Å²) < 4.78 is 5.28. The zero-order chi connectivity index (χ0) is 11.1. The molecule has 88 valence electrons. The van der Waals surface area contributed by atoms with Crippen molar-refractivity contribution < 1.29 is 9.53 Å². The molecule has 1 heterocycles. The summed E-state index contributed by atoms with van der Waals surface area (Å²) in [6.07, 6.45) is 1.96. The average Bonchev–Trinajstić information content (AvgIpc) is 2.27. The van der Waals surface area contributed by atoms with Gasteiger partial charge in [-0.2, -0.15) is 0 Å². The molecule has 0 aliphatic carbocycles. The summed E-state index contributed by atoms with van der Waals surface area (Å²) in [6, 6.07) is 0.337. The van der Waals surface area contributed by atoms with Crippen LogP contribution < -0.4 is 10.6 Å². The fourth-order valence-electron chi connectivity index (χ4n) is 1.77. The highest BCUT2D eigenvalue weighted by Gasteiger charge is 2.21. The summed E-state index contributed by atoms with van der Waals surface area (Å²) in [4.78, 5) is 11.7. The number of hydrogen-bond acceptors (Lipinski definition) is 3. The molecule has 4 nitrogen and oxygen atoms in total. The van der Waals surface area contributed by atoms with Crippen molar-refractivity contribution in [3.8, 4) is 0 Å². The quantitative estimate of drug-likeness (QED) is 0.702. The van der Waals surface area contributed by atoms with Crippen LogP contribution in [0, 0.1) is 5.92 Å². The molecule has 0 spiro atoms. The van der Waals surface area contributed by atoms with Gasteiger partial charge in [0.25, 0.3) is 0 Å². The van der Waals surface area contributed by atoms with Gasteiger partial charge in [-0.3, -0.25) is 4.79 Å². The minimum Gasteiger partial charge on any atom is -0.381 e. The van der Waals surface area contributed by atoms with Crippen LogP contribution in [0.1, 0.15) is 26.7 Å². The van der Waals surface area contributed by atoms with Gasteiger partial charge >= 0.3 is 0 Å². The molecule has 0 aromatic heterocycles. The summed E-state index contributed by atoms with van der Waals surface area (Å²) in [5.74, 6) is 0.201. The third kappa shape index (κ3) is 4.62. The largest absolute Gasteiger partial charge is 0.381 e. The SMILES string of the molecule is CCN[C@H](C)CNC(=O)C1CCCOC1. The maximum Gasteiger partial charge on any atom is 0.225 e. The molecule has 2 N–H and O–H groups in total. The van der Waals surface area contributed by atoms with E-state index < -0.39 is 0 Å². The maximum atomic E-state index is 11.7. The number of ether oxygens (including phenoxy) is 1. The van der Waals surface area contributed by atoms with E-state index in [0.717, 1.165) is 26.0 Å². The lowest BCUT2D eigenvalue weighted by Gasteiger charge is -2.22. The lowest BCUT2D eigenvalue weighted by atomic mass is 10.0. The fraction of sp³-hybridized carbons (Fsp3) is 0.909. The molecule has 0 radical (unpaired) electrons. The molecule has 1 aliphatic rings. The fourth-order valence-corrected chi connectivity index (χ4v) is 1.77. The number of carbonyl (C=O) groups excluding carboxylic acids is 1. The highest BCUT2D eigenvalue weighted by Crippen LogP contribution is 2.13. The van der Waals surface area contributed by atoms with Crippen LogP contribution in [-0.4, -0.2) is 38.3 Å². The molecule has 15 heavy (non-hydrogen) atoms. The summed E-state index contributed by atoms with van der Waals surface area (Å²) in [5, 5.41) is 6.21. The Labute approximate surface area is 91.8 Å². The Balaban J connectivity index is 2.16. The van der Waals surface area contributed by atoms with E-state index in [1.54, 1.807) is 0 Å². The predicted molar refractivity (Wildman–Crippen MR) is 59.7 cm³/mol. The van der Waals surface area contributed by atoms with Crippen molar-refractivity contribution in [1.82, 2.24) is 10.6 Å². The number of rotatable bonds is 5. The monoisotopic (exact) mass is 214 g/mol. The molecule has 2 atom stereocenters. The van der Waals surface area contributed by atoms with Crippen molar-refractivity contribution in [3.05, 3.63) is 0 Å². The van der Waals surface area contributed by atoms with Crippen LogP contribution in [0.25, 0.3) is 0 Å². The van der Waals surface area contributed by atoms with E-state index in [2.05, 4.69) is 24.5 Å². The van der Waals surface area contributed by atoms with Gasteiger partial charge in [-0.1, -0.05) is 6.92 Å². The zero-order valence-corrected chi connectivity index (χ0v) is 9.71. The molecule has 4 heteroatoms. The van der Waals surface area contributed by atoms with Gasteiger partial charge in [-0.25, -0.2) is 0 Å². The van der Waals surface area contributed by atoms with Crippen molar-refractivity contribution in [1.29, 1.82) is 0 Å². The van der Waals surface area contributed by atoms with Crippen LogP contribution in [0.5, 0.6) is 0 Å². The number of likely N-dealkylation sites (N-methyl/N-ethyl adjacent to an activating group) is 1. The normalized spacial score (nSPS) is 23.5. The molecular weight excluding hydrogens is 192 g/mol. The van der Waals surface area contributed by atoms with Crippen molar-refractivity contribution in [2.45, 2.75) is 32.7 Å². The molecule has 1 fully saturated rings. The number of carbonyl (C=O) groups is 1. The predicted octanol–water partition coefficient (Wildman–Crippen LogP) is 0.527. The molecule has 0 aromatic rings. The first-order valence-electron chi connectivity index (χ1n) is 5.83. The first-order chi connectivity index (χ1) is 7.24. The summed E-state index contributed by atoms with van der Waals surface area (Å²) >= 11 is 0. The van der Waals surface area contributed by atoms with Crippen molar-refractivity contribution in [2.75, 3.05) is 26.3 Å². The zero-order valence-electron chi connectivity index (χ0n) is 9.71. The first-order valence-corrected chi connectivity index (χ1v) is 5.83. The maximum absolute atomic E-state index is 11.7. The lowest BCUT2D eigenvalue weighted by Crippen LogP contribution is -2.42. The molecule has 1 amide bonds. The second-order valence-electron chi connectivity index (χ2n) is 4.12. The molecule has 1 saturated heterocycles. The van der Waals surface area contributed by atoms with Gasteiger partial charge < -0.3 is 15.4 Å². The van der Waals surface area contributed by atoms with Crippen LogP contribution in [-0.2, 0) is 9.53 Å². The average molecular weight is 214 g/mol. The van der Waals surface area contributed by atoms with E-state index in [4.69, 9.17) is 4.74 Å². The summed E-state index contributed by atoms with van der Waals surface area (Å²) in [5.41, 5.74) is 0. The first kappa shape index (κ1) is 12.5. The van der Waals surface area contributed by atoms with E-state index >= 15 is 0 Å². The van der Waals surface area contributed by atoms with Crippen molar-refractivity contribution in [3.63, 3.8) is 0 Å². The molecule has 1 aliphatic heterocycles. The summed E-state index contributed by atoms with van der Waals surface area (Å²) in [6.45, 7) is 7.15. The number of nitrogens with one attached hydrogen (secondary N) is 2. The van der Waals surface area contributed by atoms with Gasteiger partial charge in [0.05, 0.1) is 12.5 Å². The third-order valence-corrected chi connectivity index (χ3v) is 2.67. The third-order valence-electron chi connectivity index (χ3n) is 2.67. The Morgan fingerprint density at radius 1 is 1.60 bits per heavy atom. The molecule has 1 unspecified atom stereocenters. The number of amides is 1. The Morgan fingerprint density at radius 2 is 2.40 bits per heavy atom. The lowest BCUT2D eigenvalue weighted by molar-refractivity contribution is -0.129. The van der Waals surface area contributed by atoms with Crippen LogP contribution in [0.4, 0.5) is 0 Å². The van der Waals surface area contributed by atoms with Gasteiger partial charge in [0.2, 0.25) is 5.91 Å². The number of hydrogen-bond donors (Lipinski definition) is 2. The van der Waals surface area contributed by atoms with E-state index in [1.807, 2.05) is 0 Å². The molecule has 0 saturated carbocycles. The van der Waals surface area contributed by atoms with Crippen LogP contribution in [0.15, 0.2) is 0 Å².